The Morgan fingerprint density at radius 1 is 1.36 bits per heavy atom. The minimum absolute atomic E-state index is 0.104. The molecular formula is C18H26ClN5O3S. The number of hydrogen-bond acceptors (Lipinski definition) is 7. The van der Waals surface area contributed by atoms with E-state index in [2.05, 4.69) is 27.1 Å². The number of ether oxygens (including phenoxy) is 1. The molecule has 0 radical (unpaired) electrons. The van der Waals surface area contributed by atoms with Crippen LogP contribution in [0.5, 0.6) is 0 Å². The van der Waals surface area contributed by atoms with Gasteiger partial charge in [0.15, 0.2) is 5.16 Å². The Hall–Kier alpha value is -1.58. The molecule has 10 heteroatoms. The van der Waals surface area contributed by atoms with Gasteiger partial charge in [-0.2, -0.15) is 0 Å². The van der Waals surface area contributed by atoms with E-state index < -0.39 is 0 Å². The molecule has 1 unspecified atom stereocenters. The van der Waals surface area contributed by atoms with E-state index in [1.807, 2.05) is 4.90 Å². The number of halogens is 1. The van der Waals surface area contributed by atoms with Crippen LogP contribution in [-0.4, -0.2) is 78.4 Å². The van der Waals surface area contributed by atoms with Crippen molar-refractivity contribution >= 4 is 41.0 Å². The summed E-state index contributed by atoms with van der Waals surface area (Å²) in [6, 6.07) is 1.85. The Morgan fingerprint density at radius 2 is 2.14 bits per heavy atom. The second kappa shape index (κ2) is 9.76. The highest BCUT2D eigenvalue weighted by Gasteiger charge is 2.37. The smallest absolute Gasteiger partial charge is 0.230 e. The van der Waals surface area contributed by atoms with Gasteiger partial charge < -0.3 is 19.9 Å². The summed E-state index contributed by atoms with van der Waals surface area (Å²) in [7, 11) is 1.59. The van der Waals surface area contributed by atoms with Crippen LogP contribution in [0, 0.1) is 5.92 Å². The number of hydrogen-bond donors (Lipinski definition) is 1. The van der Waals surface area contributed by atoms with Crippen molar-refractivity contribution in [1.29, 1.82) is 0 Å². The number of aromatic nitrogens is 2. The maximum absolute atomic E-state index is 12.4. The summed E-state index contributed by atoms with van der Waals surface area (Å²) in [6.07, 6.45) is 2.04. The quantitative estimate of drug-likeness (QED) is 0.290. The van der Waals surface area contributed by atoms with Crippen LogP contribution < -0.4 is 10.2 Å². The molecule has 1 aromatic heterocycles. The average molecular weight is 428 g/mol. The van der Waals surface area contributed by atoms with Crippen molar-refractivity contribution < 1.29 is 14.3 Å². The van der Waals surface area contributed by atoms with Gasteiger partial charge in [0.25, 0.3) is 0 Å². The highest BCUT2D eigenvalue weighted by Crippen LogP contribution is 2.32. The average Bonchev–Trinajstić information content (AvgIpc) is 3.51. The van der Waals surface area contributed by atoms with Crippen molar-refractivity contribution in [3.05, 3.63) is 11.2 Å². The SMILES string of the molecule is COCCNC(=O)CSc1nc(Cl)cc(N2CCN(C(=O)C3CC3)C(C)C2)n1. The third-order valence-corrected chi connectivity index (χ3v) is 5.82. The molecule has 2 fully saturated rings. The second-order valence-corrected chi connectivity index (χ2v) is 8.39. The van der Waals surface area contributed by atoms with Gasteiger partial charge in [-0.25, -0.2) is 9.97 Å². The Bertz CT molecular complexity index is 718. The largest absolute Gasteiger partial charge is 0.383 e. The number of carbonyl (C=O) groups excluding carboxylic acids is 2. The number of carbonyl (C=O) groups is 2. The molecule has 0 bridgehead atoms. The maximum Gasteiger partial charge on any atom is 0.230 e. The molecule has 1 aliphatic heterocycles. The first-order chi connectivity index (χ1) is 13.5. The number of anilines is 1. The van der Waals surface area contributed by atoms with Crippen LogP contribution in [0.25, 0.3) is 0 Å². The first kappa shape index (κ1) is 21.1. The van der Waals surface area contributed by atoms with Crippen LogP contribution in [0.1, 0.15) is 19.8 Å². The number of methoxy groups -OCH3 is 1. The summed E-state index contributed by atoms with van der Waals surface area (Å²) in [5.41, 5.74) is 0. The van der Waals surface area contributed by atoms with Crippen molar-refractivity contribution in [2.45, 2.75) is 31.0 Å². The summed E-state index contributed by atoms with van der Waals surface area (Å²) in [6.45, 7) is 5.10. The van der Waals surface area contributed by atoms with E-state index in [1.165, 1.54) is 11.8 Å². The van der Waals surface area contributed by atoms with Gasteiger partial charge in [-0.1, -0.05) is 23.4 Å². The molecule has 3 rings (SSSR count). The van der Waals surface area contributed by atoms with Gasteiger partial charge in [0, 0.05) is 51.3 Å². The lowest BCUT2D eigenvalue weighted by molar-refractivity contribution is -0.135. The molecule has 1 saturated heterocycles. The molecular weight excluding hydrogens is 402 g/mol. The Morgan fingerprint density at radius 3 is 2.82 bits per heavy atom. The fraction of sp³-hybridized carbons (Fsp3) is 0.667. The van der Waals surface area contributed by atoms with E-state index >= 15 is 0 Å². The van der Waals surface area contributed by atoms with Crippen molar-refractivity contribution in [3.8, 4) is 0 Å². The molecule has 8 nitrogen and oxygen atoms in total. The van der Waals surface area contributed by atoms with E-state index in [-0.39, 0.29) is 29.5 Å². The van der Waals surface area contributed by atoms with Crippen LogP contribution in [0.15, 0.2) is 11.2 Å². The zero-order valence-corrected chi connectivity index (χ0v) is 17.8. The normalized spacial score (nSPS) is 19.6. The van der Waals surface area contributed by atoms with Gasteiger partial charge in [0.2, 0.25) is 11.8 Å². The summed E-state index contributed by atoms with van der Waals surface area (Å²) >= 11 is 7.43. The number of piperazine rings is 1. The fourth-order valence-electron chi connectivity index (χ4n) is 3.14. The maximum atomic E-state index is 12.4. The zero-order chi connectivity index (χ0) is 20.1. The first-order valence-electron chi connectivity index (χ1n) is 9.46. The van der Waals surface area contributed by atoms with E-state index in [4.69, 9.17) is 16.3 Å². The lowest BCUT2D eigenvalue weighted by Gasteiger charge is -2.40. The summed E-state index contributed by atoms with van der Waals surface area (Å²) in [5.74, 6) is 1.36. The van der Waals surface area contributed by atoms with Gasteiger partial charge in [-0.3, -0.25) is 9.59 Å². The third-order valence-electron chi connectivity index (χ3n) is 4.78. The number of amides is 2. The van der Waals surface area contributed by atoms with Gasteiger partial charge in [-0.15, -0.1) is 0 Å². The third kappa shape index (κ3) is 5.71. The topological polar surface area (TPSA) is 87.7 Å². The molecule has 1 aromatic rings. The number of nitrogens with one attached hydrogen (secondary N) is 1. The molecule has 1 saturated carbocycles. The lowest BCUT2D eigenvalue weighted by Crippen LogP contribution is -2.54. The second-order valence-electron chi connectivity index (χ2n) is 7.06. The summed E-state index contributed by atoms with van der Waals surface area (Å²) in [4.78, 5) is 37.1. The Kier molecular flexibility index (Phi) is 7.36. The van der Waals surface area contributed by atoms with Crippen LogP contribution in [0.3, 0.4) is 0 Å². The number of rotatable bonds is 8. The molecule has 154 valence electrons. The van der Waals surface area contributed by atoms with E-state index in [9.17, 15) is 9.59 Å². The van der Waals surface area contributed by atoms with Gasteiger partial charge in [-0.05, 0) is 19.8 Å². The highest BCUT2D eigenvalue weighted by molar-refractivity contribution is 7.99. The van der Waals surface area contributed by atoms with Crippen LogP contribution >= 0.6 is 23.4 Å². The molecule has 2 amide bonds. The predicted octanol–water partition coefficient (Wildman–Crippen LogP) is 1.43. The van der Waals surface area contributed by atoms with Crippen LogP contribution in [0.2, 0.25) is 5.15 Å². The molecule has 2 heterocycles. The van der Waals surface area contributed by atoms with Crippen LogP contribution in [-0.2, 0) is 14.3 Å². The molecule has 1 N–H and O–H groups in total. The minimum atomic E-state index is -0.104. The van der Waals surface area contributed by atoms with Crippen molar-refractivity contribution in [2.24, 2.45) is 5.92 Å². The number of thioether (sulfide) groups is 1. The summed E-state index contributed by atoms with van der Waals surface area (Å²) in [5, 5.41) is 3.57. The molecule has 0 aromatic carbocycles. The summed E-state index contributed by atoms with van der Waals surface area (Å²) < 4.78 is 4.91. The van der Waals surface area contributed by atoms with Crippen molar-refractivity contribution in [3.63, 3.8) is 0 Å². The molecule has 0 spiro atoms. The molecule has 1 aliphatic carbocycles. The van der Waals surface area contributed by atoms with Crippen molar-refractivity contribution in [1.82, 2.24) is 20.2 Å². The molecule has 1 atom stereocenters. The lowest BCUT2D eigenvalue weighted by atomic mass is 10.1. The zero-order valence-electron chi connectivity index (χ0n) is 16.2. The van der Waals surface area contributed by atoms with Crippen LogP contribution in [0.4, 0.5) is 5.82 Å². The Balaban J connectivity index is 1.57. The monoisotopic (exact) mass is 427 g/mol. The predicted molar refractivity (Wildman–Crippen MR) is 109 cm³/mol. The highest BCUT2D eigenvalue weighted by atomic mass is 35.5. The van der Waals surface area contributed by atoms with E-state index in [1.54, 1.807) is 13.2 Å². The van der Waals surface area contributed by atoms with Gasteiger partial charge >= 0.3 is 0 Å². The minimum Gasteiger partial charge on any atom is -0.383 e. The van der Waals surface area contributed by atoms with Gasteiger partial charge in [0.05, 0.1) is 12.4 Å². The molecule has 2 aliphatic rings. The van der Waals surface area contributed by atoms with E-state index in [0.29, 0.717) is 43.1 Å². The number of nitrogens with zero attached hydrogens (tertiary/aromatic N) is 4. The first-order valence-corrected chi connectivity index (χ1v) is 10.8. The molecule has 28 heavy (non-hydrogen) atoms. The van der Waals surface area contributed by atoms with Crippen molar-refractivity contribution in [2.75, 3.05) is 50.5 Å². The van der Waals surface area contributed by atoms with Gasteiger partial charge in [0.1, 0.15) is 11.0 Å². The fourth-order valence-corrected chi connectivity index (χ4v) is 4.05. The van der Waals surface area contributed by atoms with E-state index in [0.717, 1.165) is 18.7 Å². The Labute approximate surface area is 174 Å². The standard InChI is InChI=1S/C18H26ClN5O3S/c1-12-10-23(6-7-24(12)17(26)13-3-4-13)15-9-14(19)21-18(22-15)28-11-16(25)20-5-8-27-2/h9,12-13H,3-8,10-11H2,1-2H3,(H,20,25).